The summed E-state index contributed by atoms with van der Waals surface area (Å²) in [4.78, 5) is 24.1. The molecule has 1 atom stereocenters. The van der Waals surface area contributed by atoms with Crippen molar-refractivity contribution in [3.8, 4) is 0 Å². The molecule has 1 N–H and O–H groups in total. The van der Waals surface area contributed by atoms with Gasteiger partial charge in [-0.1, -0.05) is 13.3 Å². The summed E-state index contributed by atoms with van der Waals surface area (Å²) in [5, 5.41) is 2.58. The van der Waals surface area contributed by atoms with Gasteiger partial charge in [-0.3, -0.25) is 9.69 Å². The van der Waals surface area contributed by atoms with E-state index in [0.717, 1.165) is 12.8 Å². The minimum atomic E-state index is -0.496. The monoisotopic (exact) mass is 200 g/mol. The number of carbonyl (C=O) groups is 2. The normalized spacial score (nSPS) is 21.6. The molecule has 0 bridgehead atoms. The first-order chi connectivity index (χ1) is 6.70. The Bertz CT molecular complexity index is 230. The average molecular weight is 200 g/mol. The van der Waals surface area contributed by atoms with E-state index in [1.54, 1.807) is 0 Å². The van der Waals surface area contributed by atoms with E-state index in [0.29, 0.717) is 6.54 Å². The van der Waals surface area contributed by atoms with E-state index in [9.17, 15) is 9.59 Å². The Morgan fingerprint density at radius 1 is 1.50 bits per heavy atom. The lowest BCUT2D eigenvalue weighted by Crippen LogP contribution is -2.34. The number of nitrogens with one attached hydrogen (secondary N) is 1. The maximum absolute atomic E-state index is 11.6. The van der Waals surface area contributed by atoms with Gasteiger partial charge in [0.25, 0.3) is 5.91 Å². The number of nitrogens with zero attached hydrogens (tertiary/aromatic N) is 1. The molecule has 1 fully saturated rings. The van der Waals surface area contributed by atoms with Crippen LogP contribution in [0.25, 0.3) is 0 Å². The molecule has 1 heterocycles. The van der Waals surface area contributed by atoms with E-state index < -0.39 is 6.04 Å². The Kier molecular flexibility index (Phi) is 3.88. The molecule has 1 rings (SSSR count). The lowest BCUT2D eigenvalue weighted by Gasteiger charge is -2.11. The topological polar surface area (TPSA) is 58.6 Å². The van der Waals surface area contributed by atoms with Crippen LogP contribution in [0.4, 0.5) is 4.79 Å². The summed E-state index contributed by atoms with van der Waals surface area (Å²) in [5.41, 5.74) is 0. The van der Waals surface area contributed by atoms with Crippen LogP contribution in [0.15, 0.2) is 0 Å². The second-order valence-corrected chi connectivity index (χ2v) is 3.30. The van der Waals surface area contributed by atoms with Crippen molar-refractivity contribution in [2.24, 2.45) is 0 Å². The first kappa shape index (κ1) is 11.0. The molecule has 1 saturated heterocycles. The first-order valence-corrected chi connectivity index (χ1v) is 4.81. The second-order valence-electron chi connectivity index (χ2n) is 3.30. The van der Waals surface area contributed by atoms with Gasteiger partial charge in [0, 0.05) is 13.7 Å². The van der Waals surface area contributed by atoms with Crippen LogP contribution in [0, 0.1) is 0 Å². The maximum Gasteiger partial charge on any atom is 0.324 e. The average Bonchev–Trinajstić information content (AvgIpc) is 2.41. The zero-order valence-corrected chi connectivity index (χ0v) is 8.58. The van der Waals surface area contributed by atoms with Gasteiger partial charge in [-0.25, -0.2) is 4.79 Å². The molecule has 1 aliphatic rings. The highest BCUT2D eigenvalue weighted by molar-refractivity contribution is 6.04. The number of amides is 3. The van der Waals surface area contributed by atoms with Crippen LogP contribution in [0.2, 0.25) is 0 Å². The molecule has 0 spiro atoms. The fourth-order valence-electron chi connectivity index (χ4n) is 1.38. The van der Waals surface area contributed by atoms with Gasteiger partial charge in [-0.15, -0.1) is 0 Å². The molecule has 3 amide bonds. The number of carbonyl (C=O) groups excluding carboxylic acids is 2. The second kappa shape index (κ2) is 4.95. The molecule has 1 aliphatic heterocycles. The smallest absolute Gasteiger partial charge is 0.324 e. The molecule has 0 aromatic heterocycles. The summed E-state index contributed by atoms with van der Waals surface area (Å²) < 4.78 is 4.84. The molecular formula is C9H16N2O3. The van der Waals surface area contributed by atoms with Crippen molar-refractivity contribution in [1.29, 1.82) is 0 Å². The van der Waals surface area contributed by atoms with E-state index in [-0.39, 0.29) is 18.5 Å². The number of imide groups is 1. The van der Waals surface area contributed by atoms with E-state index in [2.05, 4.69) is 5.32 Å². The number of hydrogen-bond acceptors (Lipinski definition) is 3. The predicted molar refractivity (Wildman–Crippen MR) is 50.8 cm³/mol. The zero-order valence-electron chi connectivity index (χ0n) is 8.58. The molecular weight excluding hydrogens is 184 g/mol. The van der Waals surface area contributed by atoms with Crippen LogP contribution in [0.1, 0.15) is 19.8 Å². The molecule has 0 aliphatic carbocycles. The van der Waals surface area contributed by atoms with Crippen LogP contribution in [0.3, 0.4) is 0 Å². The Labute approximate surface area is 83.4 Å². The van der Waals surface area contributed by atoms with E-state index in [1.807, 2.05) is 6.92 Å². The van der Waals surface area contributed by atoms with E-state index >= 15 is 0 Å². The highest BCUT2D eigenvalue weighted by Crippen LogP contribution is 2.07. The van der Waals surface area contributed by atoms with Gasteiger partial charge in [-0.2, -0.15) is 0 Å². The summed E-state index contributed by atoms with van der Waals surface area (Å²) in [7, 11) is 1.51. The summed E-state index contributed by atoms with van der Waals surface area (Å²) in [5.74, 6) is -0.176. The van der Waals surface area contributed by atoms with Crippen molar-refractivity contribution in [3.05, 3.63) is 0 Å². The standard InChI is InChI=1S/C9H16N2O3/c1-3-4-5-11-8(12)7(6-14-2)10-9(11)13/h7H,3-6H2,1-2H3,(H,10,13). The van der Waals surface area contributed by atoms with Gasteiger partial charge in [0.2, 0.25) is 0 Å². The summed E-state index contributed by atoms with van der Waals surface area (Å²) in [6.45, 7) is 2.76. The summed E-state index contributed by atoms with van der Waals surface area (Å²) >= 11 is 0. The number of unbranched alkanes of at least 4 members (excludes halogenated alkanes) is 1. The van der Waals surface area contributed by atoms with Crippen molar-refractivity contribution < 1.29 is 14.3 Å². The minimum Gasteiger partial charge on any atom is -0.382 e. The number of urea groups is 1. The van der Waals surface area contributed by atoms with Gasteiger partial charge >= 0.3 is 6.03 Å². The van der Waals surface area contributed by atoms with Gasteiger partial charge < -0.3 is 10.1 Å². The van der Waals surface area contributed by atoms with Crippen LogP contribution in [0.5, 0.6) is 0 Å². The summed E-state index contributed by atoms with van der Waals surface area (Å²) in [6.07, 6.45) is 1.81. The molecule has 0 saturated carbocycles. The maximum atomic E-state index is 11.6. The quantitative estimate of drug-likeness (QED) is 0.651. The Morgan fingerprint density at radius 3 is 2.79 bits per heavy atom. The van der Waals surface area contributed by atoms with Crippen LogP contribution >= 0.6 is 0 Å². The Balaban J connectivity index is 2.52. The number of ether oxygens (including phenoxy) is 1. The van der Waals surface area contributed by atoms with Crippen LogP contribution in [-0.2, 0) is 9.53 Å². The van der Waals surface area contributed by atoms with Crippen LogP contribution in [-0.4, -0.2) is 43.1 Å². The lowest BCUT2D eigenvalue weighted by molar-refractivity contribution is -0.128. The molecule has 0 aromatic carbocycles. The molecule has 0 aromatic rings. The van der Waals surface area contributed by atoms with Gasteiger partial charge in [-0.05, 0) is 6.42 Å². The molecule has 14 heavy (non-hydrogen) atoms. The minimum absolute atomic E-state index is 0.176. The fraction of sp³-hybridized carbons (Fsp3) is 0.778. The third kappa shape index (κ3) is 2.23. The molecule has 5 nitrogen and oxygen atoms in total. The van der Waals surface area contributed by atoms with Gasteiger partial charge in [0.05, 0.1) is 6.61 Å². The Morgan fingerprint density at radius 2 is 2.21 bits per heavy atom. The highest BCUT2D eigenvalue weighted by atomic mass is 16.5. The molecule has 0 radical (unpaired) electrons. The highest BCUT2D eigenvalue weighted by Gasteiger charge is 2.37. The van der Waals surface area contributed by atoms with E-state index in [4.69, 9.17) is 4.74 Å². The molecule has 80 valence electrons. The first-order valence-electron chi connectivity index (χ1n) is 4.81. The zero-order chi connectivity index (χ0) is 10.6. The van der Waals surface area contributed by atoms with Crippen molar-refractivity contribution in [2.75, 3.05) is 20.3 Å². The van der Waals surface area contributed by atoms with Gasteiger partial charge in [0.1, 0.15) is 6.04 Å². The Hall–Kier alpha value is -1.10. The van der Waals surface area contributed by atoms with Crippen molar-refractivity contribution in [2.45, 2.75) is 25.8 Å². The van der Waals surface area contributed by atoms with Gasteiger partial charge in [0.15, 0.2) is 0 Å². The molecule has 5 heteroatoms. The third-order valence-corrected chi connectivity index (χ3v) is 2.18. The SMILES string of the molecule is CCCCN1C(=O)NC(COC)C1=O. The predicted octanol–water partition coefficient (Wildman–Crippen LogP) is 0.353. The lowest BCUT2D eigenvalue weighted by atomic mass is 10.3. The van der Waals surface area contributed by atoms with Crippen molar-refractivity contribution >= 4 is 11.9 Å². The number of methoxy groups -OCH3 is 1. The largest absolute Gasteiger partial charge is 0.382 e. The third-order valence-electron chi connectivity index (χ3n) is 2.18. The summed E-state index contributed by atoms with van der Waals surface area (Å²) in [6, 6.07) is -0.796. The number of hydrogen-bond donors (Lipinski definition) is 1. The van der Waals surface area contributed by atoms with E-state index in [1.165, 1.54) is 12.0 Å². The van der Waals surface area contributed by atoms with Crippen LogP contribution < -0.4 is 5.32 Å². The van der Waals surface area contributed by atoms with Crippen molar-refractivity contribution in [1.82, 2.24) is 10.2 Å². The van der Waals surface area contributed by atoms with Crippen molar-refractivity contribution in [3.63, 3.8) is 0 Å². The number of rotatable bonds is 5. The fourth-order valence-corrected chi connectivity index (χ4v) is 1.38. The molecule has 1 unspecified atom stereocenters.